The van der Waals surface area contributed by atoms with Gasteiger partial charge in [-0.25, -0.2) is 9.37 Å². The van der Waals surface area contributed by atoms with E-state index in [0.29, 0.717) is 18.9 Å². The molecule has 2 aromatic rings. The van der Waals surface area contributed by atoms with Gasteiger partial charge in [0.15, 0.2) is 0 Å². The molecular weight excluding hydrogens is 355 g/mol. The van der Waals surface area contributed by atoms with Gasteiger partial charge < -0.3 is 15.0 Å². The number of hydrogen-bond acceptors (Lipinski definition) is 6. The summed E-state index contributed by atoms with van der Waals surface area (Å²) in [5.41, 5.74) is 1.00. The fourth-order valence-electron chi connectivity index (χ4n) is 3.00. The van der Waals surface area contributed by atoms with E-state index >= 15 is 0 Å². The van der Waals surface area contributed by atoms with Gasteiger partial charge in [0.2, 0.25) is 11.0 Å². The number of nitrogens with zero attached hydrogens (tertiary/aromatic N) is 3. The summed E-state index contributed by atoms with van der Waals surface area (Å²) in [6.45, 7) is 2.63. The van der Waals surface area contributed by atoms with Crippen LogP contribution in [0.4, 0.5) is 9.52 Å². The van der Waals surface area contributed by atoms with Gasteiger partial charge in [0, 0.05) is 44.7 Å². The highest BCUT2D eigenvalue weighted by Gasteiger charge is 2.22. The second-order valence-electron chi connectivity index (χ2n) is 6.46. The number of amides is 1. The van der Waals surface area contributed by atoms with Crippen molar-refractivity contribution in [3.63, 3.8) is 0 Å². The van der Waals surface area contributed by atoms with Gasteiger partial charge in [-0.15, -0.1) is 0 Å². The number of anilines is 1. The molecule has 140 valence electrons. The van der Waals surface area contributed by atoms with Crippen molar-refractivity contribution in [3.8, 4) is 0 Å². The summed E-state index contributed by atoms with van der Waals surface area (Å²) >= 11 is 1.41. The van der Waals surface area contributed by atoms with Crippen LogP contribution in [0.5, 0.6) is 0 Å². The lowest BCUT2D eigenvalue weighted by molar-refractivity contribution is -0.124. The van der Waals surface area contributed by atoms with Gasteiger partial charge in [-0.05, 0) is 36.5 Å². The number of carbonyl (C=O) groups excluding carboxylic acids is 1. The molecule has 0 saturated carbocycles. The summed E-state index contributed by atoms with van der Waals surface area (Å²) in [7, 11) is 1.52. The van der Waals surface area contributed by atoms with Crippen LogP contribution < -0.4 is 10.2 Å². The lowest BCUT2D eigenvalue weighted by Gasteiger charge is -2.31. The Labute approximate surface area is 156 Å². The number of nitrogens with one attached hydrogen (secondary N) is 1. The summed E-state index contributed by atoms with van der Waals surface area (Å²) in [6, 6.07) is 6.44. The van der Waals surface area contributed by atoms with E-state index < -0.39 is 0 Å². The van der Waals surface area contributed by atoms with Crippen molar-refractivity contribution in [2.75, 3.05) is 38.3 Å². The Bertz CT molecular complexity index is 714. The van der Waals surface area contributed by atoms with Crippen LogP contribution in [0.1, 0.15) is 24.2 Å². The number of piperidine rings is 1. The molecule has 6 nitrogen and oxygen atoms in total. The largest absolute Gasteiger partial charge is 0.375 e. The molecule has 1 aromatic carbocycles. The summed E-state index contributed by atoms with van der Waals surface area (Å²) in [5, 5.41) is 3.84. The maximum atomic E-state index is 13.0. The Morgan fingerprint density at radius 1 is 1.35 bits per heavy atom. The minimum atomic E-state index is -0.234. The molecule has 2 heterocycles. The molecule has 26 heavy (non-hydrogen) atoms. The molecule has 0 atom stereocenters. The van der Waals surface area contributed by atoms with Crippen molar-refractivity contribution in [3.05, 3.63) is 41.5 Å². The third-order valence-electron chi connectivity index (χ3n) is 4.48. The zero-order valence-electron chi connectivity index (χ0n) is 14.8. The zero-order chi connectivity index (χ0) is 18.4. The SMILES string of the molecule is COCC(=O)NCC1CCN(c2nc(Cc3ccc(F)cc3)ns2)CC1. The molecular formula is C18H23FN4O2S. The number of halogens is 1. The van der Waals surface area contributed by atoms with Crippen LogP contribution in [-0.4, -0.2) is 48.6 Å². The number of methoxy groups -OCH3 is 1. The lowest BCUT2D eigenvalue weighted by Crippen LogP contribution is -2.39. The summed E-state index contributed by atoms with van der Waals surface area (Å²) < 4.78 is 22.2. The van der Waals surface area contributed by atoms with Gasteiger partial charge in [0.25, 0.3) is 0 Å². The monoisotopic (exact) mass is 378 g/mol. The van der Waals surface area contributed by atoms with Crippen molar-refractivity contribution in [2.24, 2.45) is 5.92 Å². The molecule has 3 rings (SSSR count). The third-order valence-corrected chi connectivity index (χ3v) is 5.30. The Balaban J connectivity index is 1.47. The molecule has 0 aliphatic carbocycles. The Morgan fingerprint density at radius 2 is 2.08 bits per heavy atom. The quantitative estimate of drug-likeness (QED) is 0.800. The molecule has 1 aromatic heterocycles. The van der Waals surface area contributed by atoms with E-state index in [1.165, 1.54) is 30.8 Å². The average Bonchev–Trinajstić information content (AvgIpc) is 3.11. The maximum Gasteiger partial charge on any atom is 0.245 e. The van der Waals surface area contributed by atoms with Crippen LogP contribution in [0.3, 0.4) is 0 Å². The number of rotatable bonds is 7. The molecule has 0 unspecified atom stereocenters. The highest BCUT2D eigenvalue weighted by atomic mass is 32.1. The molecule has 1 aliphatic heterocycles. The van der Waals surface area contributed by atoms with E-state index in [1.54, 1.807) is 12.1 Å². The number of carbonyl (C=O) groups is 1. The van der Waals surface area contributed by atoms with Gasteiger partial charge in [-0.1, -0.05) is 12.1 Å². The second kappa shape index (κ2) is 9.05. The van der Waals surface area contributed by atoms with Crippen LogP contribution in [-0.2, 0) is 16.0 Å². The fraction of sp³-hybridized carbons (Fsp3) is 0.500. The van der Waals surface area contributed by atoms with Crippen LogP contribution in [0.15, 0.2) is 24.3 Å². The highest BCUT2D eigenvalue weighted by Crippen LogP contribution is 2.25. The van der Waals surface area contributed by atoms with Gasteiger partial charge >= 0.3 is 0 Å². The van der Waals surface area contributed by atoms with Gasteiger partial charge in [-0.3, -0.25) is 4.79 Å². The number of aromatic nitrogens is 2. The summed E-state index contributed by atoms with van der Waals surface area (Å²) in [6.07, 6.45) is 2.64. The number of hydrogen-bond donors (Lipinski definition) is 1. The number of benzene rings is 1. The Hall–Kier alpha value is -2.06. The number of ether oxygens (including phenoxy) is 1. The van der Waals surface area contributed by atoms with Gasteiger partial charge in [0.05, 0.1) is 0 Å². The standard InChI is InChI=1S/C18H23FN4O2S/c1-25-12-17(24)20-11-14-6-8-23(9-7-14)18-21-16(22-26-18)10-13-2-4-15(19)5-3-13/h2-5,14H,6-12H2,1H3,(H,20,24). The van der Waals surface area contributed by atoms with E-state index in [2.05, 4.69) is 19.6 Å². The smallest absolute Gasteiger partial charge is 0.245 e. The normalized spacial score (nSPS) is 15.2. The molecule has 1 amide bonds. The zero-order valence-corrected chi connectivity index (χ0v) is 15.6. The first-order chi connectivity index (χ1) is 12.6. The first-order valence-electron chi connectivity index (χ1n) is 8.71. The average molecular weight is 378 g/mol. The van der Waals surface area contributed by atoms with E-state index in [9.17, 15) is 9.18 Å². The second-order valence-corrected chi connectivity index (χ2v) is 7.19. The minimum Gasteiger partial charge on any atom is -0.375 e. The lowest BCUT2D eigenvalue weighted by atomic mass is 9.97. The van der Waals surface area contributed by atoms with E-state index in [0.717, 1.165) is 42.5 Å². The molecule has 0 radical (unpaired) electrons. The van der Waals surface area contributed by atoms with Gasteiger partial charge in [0.1, 0.15) is 18.2 Å². The molecule has 1 N–H and O–H groups in total. The molecule has 1 aliphatic rings. The summed E-state index contributed by atoms with van der Waals surface area (Å²) in [5.74, 6) is 0.954. The maximum absolute atomic E-state index is 13.0. The van der Waals surface area contributed by atoms with Crippen molar-refractivity contribution in [1.29, 1.82) is 0 Å². The van der Waals surface area contributed by atoms with Crippen molar-refractivity contribution in [2.45, 2.75) is 19.3 Å². The van der Waals surface area contributed by atoms with E-state index in [1.807, 2.05) is 0 Å². The molecule has 0 bridgehead atoms. The predicted molar refractivity (Wildman–Crippen MR) is 98.9 cm³/mol. The molecule has 1 fully saturated rings. The summed E-state index contributed by atoms with van der Waals surface area (Å²) in [4.78, 5) is 18.3. The van der Waals surface area contributed by atoms with Crippen molar-refractivity contribution in [1.82, 2.24) is 14.7 Å². The Morgan fingerprint density at radius 3 is 2.77 bits per heavy atom. The third kappa shape index (κ3) is 5.22. The van der Waals surface area contributed by atoms with E-state index in [4.69, 9.17) is 4.74 Å². The molecule has 0 spiro atoms. The minimum absolute atomic E-state index is 0.0653. The Kier molecular flexibility index (Phi) is 6.51. The van der Waals surface area contributed by atoms with Gasteiger partial charge in [-0.2, -0.15) is 4.37 Å². The molecule has 1 saturated heterocycles. The first-order valence-corrected chi connectivity index (χ1v) is 9.49. The molecule has 8 heteroatoms. The van der Waals surface area contributed by atoms with Crippen LogP contribution in [0, 0.1) is 11.7 Å². The predicted octanol–water partition coefficient (Wildman–Crippen LogP) is 2.25. The van der Waals surface area contributed by atoms with E-state index in [-0.39, 0.29) is 18.3 Å². The van der Waals surface area contributed by atoms with Crippen molar-refractivity contribution < 1.29 is 13.9 Å². The topological polar surface area (TPSA) is 67.3 Å². The van der Waals surface area contributed by atoms with Crippen LogP contribution >= 0.6 is 11.5 Å². The highest BCUT2D eigenvalue weighted by molar-refractivity contribution is 7.09. The van der Waals surface area contributed by atoms with Crippen LogP contribution in [0.2, 0.25) is 0 Å². The first kappa shape index (κ1) is 18.7. The van der Waals surface area contributed by atoms with Crippen molar-refractivity contribution >= 4 is 22.6 Å². The van der Waals surface area contributed by atoms with Crippen LogP contribution in [0.25, 0.3) is 0 Å². The fourth-order valence-corrected chi connectivity index (χ4v) is 3.74.